The molecule has 342 valence electrons. The highest BCUT2D eigenvalue weighted by Crippen LogP contribution is 2.39. The molecule has 0 aliphatic rings. The summed E-state index contributed by atoms with van der Waals surface area (Å²) in [6, 6.07) is 48.4. The van der Waals surface area contributed by atoms with Gasteiger partial charge in [-0.1, -0.05) is 197 Å². The summed E-state index contributed by atoms with van der Waals surface area (Å²) in [5.74, 6) is 1.86. The second-order valence-electron chi connectivity index (χ2n) is 18.6. The summed E-state index contributed by atoms with van der Waals surface area (Å²) in [4.78, 5) is 5.18. The first kappa shape index (κ1) is 33.7. The van der Waals surface area contributed by atoms with Crippen LogP contribution in [0.2, 0.25) is 0 Å². The number of para-hydroxylation sites is 3. The molecule has 3 aromatic heterocycles. The first-order valence-electron chi connectivity index (χ1n) is 28.7. The van der Waals surface area contributed by atoms with Crippen LogP contribution in [0.15, 0.2) is 230 Å². The molecule has 0 radical (unpaired) electrons. The predicted octanol–water partition coefficient (Wildman–Crippen LogP) is 16.5. The van der Waals surface area contributed by atoms with E-state index in [1.807, 2.05) is 85.1 Å². The van der Waals surface area contributed by atoms with E-state index < -0.39 is 60.4 Å². The van der Waals surface area contributed by atoms with Crippen LogP contribution >= 0.6 is 0 Å². The number of nitrogens with zero attached hydrogens (tertiary/aromatic N) is 4. The summed E-state index contributed by atoms with van der Waals surface area (Å²) in [5.41, 5.74) is 10.8. The molecule has 9 aromatic carbocycles. The molecule has 0 fully saturated rings. The van der Waals surface area contributed by atoms with Crippen molar-refractivity contribution in [1.29, 1.82) is 0 Å². The van der Waals surface area contributed by atoms with Gasteiger partial charge in [-0.25, -0.2) is 4.98 Å². The van der Waals surface area contributed by atoms with Crippen LogP contribution in [-0.2, 0) is 11.8 Å². The lowest BCUT2D eigenvalue weighted by Gasteiger charge is -2.19. The lowest BCUT2D eigenvalue weighted by Crippen LogP contribution is -2.31. The molecule has 0 spiro atoms. The first-order chi connectivity index (χ1) is 38.9. The second-order valence-corrected chi connectivity index (χ2v) is 18.6. The minimum absolute atomic E-state index is 0.0321. The molecule has 12 aromatic rings. The van der Waals surface area contributed by atoms with Crippen molar-refractivity contribution in [3.63, 3.8) is 0 Å². The zero-order valence-electron chi connectivity index (χ0n) is 49.6. The van der Waals surface area contributed by atoms with Crippen molar-refractivity contribution in [2.75, 3.05) is 0 Å². The Labute approximate surface area is 429 Å². The van der Waals surface area contributed by atoms with Crippen LogP contribution in [0.5, 0.6) is 11.5 Å². The number of hydrogen-bond donors (Lipinski definition) is 0. The quantitative estimate of drug-likeness (QED) is 0.101. The molecule has 5 heteroatoms. The van der Waals surface area contributed by atoms with Crippen molar-refractivity contribution < 1.29 is 23.0 Å². The Bertz CT molecular complexity index is 4380. The lowest BCUT2D eigenvalue weighted by molar-refractivity contribution is -0.571. The summed E-state index contributed by atoms with van der Waals surface area (Å²) in [5, 5.41) is 2.09. The average molecular weight is 927 g/mol. The maximum Gasteiger partial charge on any atom is 0.269 e. The zero-order valence-corrected chi connectivity index (χ0v) is 39.6. The van der Waals surface area contributed by atoms with Crippen LogP contribution in [-0.4, -0.2) is 14.1 Å². The number of ether oxygens (including phenoxy) is 1. The number of imidazole rings is 1. The van der Waals surface area contributed by atoms with Crippen LogP contribution in [0, 0.1) is 6.33 Å². The van der Waals surface area contributed by atoms with E-state index >= 15 is 0 Å². The van der Waals surface area contributed by atoms with Crippen LogP contribution in [0.4, 0.5) is 0 Å². The summed E-state index contributed by atoms with van der Waals surface area (Å²) < 4.78 is 100. The van der Waals surface area contributed by atoms with Crippen LogP contribution in [0.25, 0.3) is 94.5 Å². The Balaban J connectivity index is 0.996. The molecule has 0 bridgehead atoms. The highest BCUT2D eigenvalue weighted by molar-refractivity contribution is 6.10. The molecule has 71 heavy (non-hydrogen) atoms. The van der Waals surface area contributed by atoms with Gasteiger partial charge in [0.25, 0.3) is 6.33 Å². The molecule has 0 aliphatic carbocycles. The number of fused-ring (bicyclic) bond motifs is 4. The predicted molar refractivity (Wildman–Crippen MR) is 292 cm³/mol. The van der Waals surface area contributed by atoms with Gasteiger partial charge < -0.3 is 4.74 Å². The molecule has 0 atom stereocenters. The molecule has 0 aliphatic heterocycles. The first-order valence-corrected chi connectivity index (χ1v) is 23.7. The SMILES string of the molecule is [2H]c1c([2H])c([2H])c(-c2cccc(-c3c([2H])c([2H])c([2H])c([2H])c3[2H])c2-[n+]2[c-]n(-c3cccc(Oc4ccc5c6cc(-c7ccccc7)ccc6n(-c6cc(CC)c(-c7ccc(C(C)(C)C)cc7)cn6)c5c4)c3)c3ccccc32)c([2H])c1[2H]. The van der Waals surface area contributed by atoms with Crippen molar-refractivity contribution in [2.45, 2.75) is 39.5 Å². The van der Waals surface area contributed by atoms with E-state index in [1.165, 1.54) is 11.1 Å². The molecule has 12 rings (SSSR count). The van der Waals surface area contributed by atoms with E-state index in [4.69, 9.17) is 23.4 Å². The number of benzene rings is 9. The third-order valence-electron chi connectivity index (χ3n) is 13.2. The Morgan fingerprint density at radius 3 is 1.94 bits per heavy atom. The summed E-state index contributed by atoms with van der Waals surface area (Å²) in [7, 11) is 0. The van der Waals surface area contributed by atoms with E-state index in [2.05, 4.69) is 105 Å². The van der Waals surface area contributed by atoms with Gasteiger partial charge >= 0.3 is 0 Å². The minimum Gasteiger partial charge on any atom is -0.458 e. The standard InChI is InChI=1S/C66H52N4O/c1-5-45-40-64(67-43-59(45)49-31-34-51(35-32-49)66(2,3)4)70-60-38-33-50(46-19-9-6-10-20-46)39-58(60)57-37-36-54(42-63(57)70)71-53-26-17-25-52(41-53)68-44-69(62-30-16-15-29-61(62)68)65-55(47-21-11-7-12-22-47)27-18-28-56(65)48-23-13-8-14-24-48/h6-43H,5H2,1-4H3/i7D,8D,11D,12D,13D,14D,21D,22D,23D,24D. The van der Waals surface area contributed by atoms with Crippen molar-refractivity contribution in [1.82, 2.24) is 14.1 Å². The molecular weight excluding hydrogens is 865 g/mol. The van der Waals surface area contributed by atoms with Gasteiger partial charge in [-0.3, -0.25) is 13.7 Å². The molecule has 0 amide bonds. The summed E-state index contributed by atoms with van der Waals surface area (Å²) >= 11 is 0. The van der Waals surface area contributed by atoms with Gasteiger partial charge in [-0.15, -0.1) is 0 Å². The van der Waals surface area contributed by atoms with Gasteiger partial charge in [0, 0.05) is 28.6 Å². The second kappa shape index (κ2) is 17.9. The van der Waals surface area contributed by atoms with Gasteiger partial charge in [0.05, 0.1) is 47.1 Å². The van der Waals surface area contributed by atoms with Crippen molar-refractivity contribution in [3.8, 4) is 73.2 Å². The Morgan fingerprint density at radius 1 is 0.549 bits per heavy atom. The number of aryl methyl sites for hydroxylation is 1. The van der Waals surface area contributed by atoms with E-state index in [-0.39, 0.29) is 33.4 Å². The smallest absolute Gasteiger partial charge is 0.269 e. The monoisotopic (exact) mass is 926 g/mol. The number of aromatic nitrogens is 4. The highest BCUT2D eigenvalue weighted by Gasteiger charge is 2.21. The fourth-order valence-electron chi connectivity index (χ4n) is 9.63. The highest BCUT2D eigenvalue weighted by atomic mass is 16.5. The van der Waals surface area contributed by atoms with Crippen LogP contribution < -0.4 is 9.30 Å². The Kier molecular flexibility index (Phi) is 8.50. The van der Waals surface area contributed by atoms with E-state index in [9.17, 15) is 0 Å². The van der Waals surface area contributed by atoms with Crippen LogP contribution in [0.3, 0.4) is 0 Å². The summed E-state index contributed by atoms with van der Waals surface area (Å²) in [6.45, 7) is 8.83. The molecule has 0 N–H and O–H groups in total. The van der Waals surface area contributed by atoms with Crippen molar-refractivity contribution >= 4 is 32.8 Å². The maximum absolute atomic E-state index is 9.07. The van der Waals surface area contributed by atoms with Gasteiger partial charge in [0.2, 0.25) is 0 Å². The third kappa shape index (κ3) is 8.05. The zero-order chi connectivity index (χ0) is 56.8. The third-order valence-corrected chi connectivity index (χ3v) is 13.2. The van der Waals surface area contributed by atoms with Gasteiger partial charge in [-0.2, -0.15) is 0 Å². The van der Waals surface area contributed by atoms with E-state index in [1.54, 1.807) is 27.3 Å². The fraction of sp³-hybridized carbons (Fsp3) is 0.0909. The van der Waals surface area contributed by atoms with Crippen molar-refractivity contribution in [2.24, 2.45) is 0 Å². The van der Waals surface area contributed by atoms with E-state index in [0.29, 0.717) is 28.2 Å². The van der Waals surface area contributed by atoms with Crippen LogP contribution in [0.1, 0.15) is 52.5 Å². The minimum atomic E-state index is -0.569. The number of hydrogen-bond acceptors (Lipinski definition) is 2. The normalized spacial score (nSPS) is 13.7. The maximum atomic E-state index is 9.07. The van der Waals surface area contributed by atoms with Gasteiger partial charge in [-0.05, 0) is 110 Å². The van der Waals surface area contributed by atoms with Gasteiger partial charge in [0.15, 0.2) is 0 Å². The number of pyridine rings is 1. The van der Waals surface area contributed by atoms with Crippen molar-refractivity contribution in [3.05, 3.63) is 248 Å². The lowest BCUT2D eigenvalue weighted by atomic mass is 9.86. The molecule has 0 saturated heterocycles. The Hall–Kier alpha value is -8.80. The fourth-order valence-corrected chi connectivity index (χ4v) is 9.63. The average Bonchev–Trinajstić information content (AvgIpc) is 4.21. The number of rotatable bonds is 10. The topological polar surface area (TPSA) is 35.9 Å². The molecule has 0 saturated carbocycles. The largest absolute Gasteiger partial charge is 0.458 e. The summed E-state index contributed by atoms with van der Waals surface area (Å²) in [6.07, 6.45) is 6.25. The molecule has 0 unspecified atom stereocenters. The Morgan fingerprint density at radius 2 is 1.23 bits per heavy atom. The molecule has 5 nitrogen and oxygen atoms in total. The molecule has 3 heterocycles. The van der Waals surface area contributed by atoms with Gasteiger partial charge in [0.1, 0.15) is 17.3 Å². The molecular formula is C66H52N4O. The van der Waals surface area contributed by atoms with E-state index in [0.717, 1.165) is 56.3 Å².